The van der Waals surface area contributed by atoms with Gasteiger partial charge in [0.1, 0.15) is 0 Å². The Morgan fingerprint density at radius 3 is 3.00 bits per heavy atom. The highest BCUT2D eigenvalue weighted by molar-refractivity contribution is 6.30. The number of alkyl halides is 1. The maximum absolute atomic E-state index is 11.3. The molecule has 0 aliphatic rings. The minimum atomic E-state index is -0.769. The van der Waals surface area contributed by atoms with Gasteiger partial charge in [0.25, 0.3) is 0 Å². The van der Waals surface area contributed by atoms with E-state index >= 15 is 0 Å². The van der Waals surface area contributed by atoms with E-state index in [9.17, 15) is 4.79 Å². The van der Waals surface area contributed by atoms with Crippen LogP contribution in [-0.4, -0.2) is 18.1 Å². The Hall–Kier alpha value is -1.61. The Morgan fingerprint density at radius 2 is 2.25 bits per heavy atom. The number of benzene rings is 1. The minimum absolute atomic E-state index is 0.454. The fraction of sp³-hybridized carbons (Fsp3) is 0.167. The van der Waals surface area contributed by atoms with Crippen LogP contribution in [0.1, 0.15) is 10.9 Å². The molecule has 82 valence electrons. The molecule has 0 aliphatic carbocycles. The largest absolute Gasteiger partial charge is 0.468 e. The molecule has 4 heteroatoms. The lowest BCUT2D eigenvalue weighted by Gasteiger charge is -2.08. The summed E-state index contributed by atoms with van der Waals surface area (Å²) in [6.07, 6.45) is 1.72. The summed E-state index contributed by atoms with van der Waals surface area (Å²) in [7, 11) is 1.32. The molecule has 2 rings (SSSR count). The molecule has 0 bridgehead atoms. The van der Waals surface area contributed by atoms with Gasteiger partial charge in [-0.05, 0) is 23.8 Å². The van der Waals surface area contributed by atoms with Gasteiger partial charge in [-0.25, -0.2) is 0 Å². The van der Waals surface area contributed by atoms with Gasteiger partial charge in [0.15, 0.2) is 5.38 Å². The standard InChI is InChI=1S/C12H10ClNO2/c1-16-12(15)11(13)9-4-5-10-8(7-9)3-2-6-14-10/h2-7,11H,1H3. The number of esters is 1. The van der Waals surface area contributed by atoms with Crippen LogP contribution in [0.25, 0.3) is 10.9 Å². The van der Waals surface area contributed by atoms with E-state index in [2.05, 4.69) is 9.72 Å². The molecule has 0 fully saturated rings. The number of carbonyl (C=O) groups excluding carboxylic acids is 1. The van der Waals surface area contributed by atoms with Gasteiger partial charge in [-0.1, -0.05) is 12.1 Å². The highest BCUT2D eigenvalue weighted by Crippen LogP contribution is 2.24. The molecular formula is C12H10ClNO2. The van der Waals surface area contributed by atoms with Gasteiger partial charge in [0.05, 0.1) is 12.6 Å². The van der Waals surface area contributed by atoms with Gasteiger partial charge in [-0.2, -0.15) is 0 Å². The van der Waals surface area contributed by atoms with Gasteiger partial charge in [-0.15, -0.1) is 11.6 Å². The predicted octanol–water partition coefficient (Wildman–Crippen LogP) is 2.69. The molecule has 3 nitrogen and oxygen atoms in total. The van der Waals surface area contributed by atoms with Crippen LogP contribution in [0.15, 0.2) is 36.5 Å². The number of ether oxygens (including phenoxy) is 1. The summed E-state index contributed by atoms with van der Waals surface area (Å²) >= 11 is 5.96. The van der Waals surface area contributed by atoms with Crippen molar-refractivity contribution < 1.29 is 9.53 Å². The first-order valence-corrected chi connectivity index (χ1v) is 5.22. The van der Waals surface area contributed by atoms with Gasteiger partial charge in [0.2, 0.25) is 0 Å². The van der Waals surface area contributed by atoms with Gasteiger partial charge < -0.3 is 4.74 Å². The SMILES string of the molecule is COC(=O)C(Cl)c1ccc2ncccc2c1. The number of hydrogen-bond acceptors (Lipinski definition) is 3. The van der Waals surface area contributed by atoms with E-state index in [1.54, 1.807) is 12.3 Å². The van der Waals surface area contributed by atoms with Crippen LogP contribution in [0, 0.1) is 0 Å². The highest BCUT2D eigenvalue weighted by Gasteiger charge is 2.18. The summed E-state index contributed by atoms with van der Waals surface area (Å²) in [5.74, 6) is -0.454. The molecule has 0 saturated heterocycles. The normalized spacial score (nSPS) is 12.4. The van der Waals surface area contributed by atoms with E-state index in [4.69, 9.17) is 11.6 Å². The fourth-order valence-corrected chi connectivity index (χ4v) is 1.72. The zero-order chi connectivity index (χ0) is 11.5. The van der Waals surface area contributed by atoms with Crippen LogP contribution in [0.5, 0.6) is 0 Å². The van der Waals surface area contributed by atoms with Crippen molar-refractivity contribution in [3.8, 4) is 0 Å². The number of rotatable bonds is 2. The first-order chi connectivity index (χ1) is 7.72. The molecule has 1 unspecified atom stereocenters. The molecule has 0 spiro atoms. The van der Waals surface area contributed by atoms with Crippen molar-refractivity contribution in [2.45, 2.75) is 5.38 Å². The zero-order valence-corrected chi connectivity index (χ0v) is 9.44. The third-order valence-electron chi connectivity index (χ3n) is 2.33. The lowest BCUT2D eigenvalue weighted by atomic mass is 10.1. The first kappa shape index (κ1) is 10.9. The summed E-state index contributed by atoms with van der Waals surface area (Å²) < 4.78 is 4.59. The van der Waals surface area contributed by atoms with Crippen molar-refractivity contribution >= 4 is 28.5 Å². The highest BCUT2D eigenvalue weighted by atomic mass is 35.5. The topological polar surface area (TPSA) is 39.2 Å². The molecule has 0 N–H and O–H groups in total. The average Bonchev–Trinajstić information content (AvgIpc) is 2.36. The van der Waals surface area contributed by atoms with Crippen LogP contribution in [-0.2, 0) is 9.53 Å². The van der Waals surface area contributed by atoms with Crippen LogP contribution in [0.3, 0.4) is 0 Å². The molecule has 1 aromatic heterocycles. The minimum Gasteiger partial charge on any atom is -0.468 e. The molecule has 1 atom stereocenters. The van der Waals surface area contributed by atoms with Crippen molar-refractivity contribution in [3.05, 3.63) is 42.1 Å². The molecule has 0 radical (unpaired) electrons. The Kier molecular flexibility index (Phi) is 3.06. The number of aromatic nitrogens is 1. The van der Waals surface area contributed by atoms with Gasteiger partial charge in [0, 0.05) is 11.6 Å². The number of nitrogens with zero attached hydrogens (tertiary/aromatic N) is 1. The van der Waals surface area contributed by atoms with Crippen LogP contribution in [0.4, 0.5) is 0 Å². The number of carbonyl (C=O) groups is 1. The van der Waals surface area contributed by atoms with E-state index in [0.717, 1.165) is 10.9 Å². The number of hydrogen-bond donors (Lipinski definition) is 0. The number of methoxy groups -OCH3 is 1. The second kappa shape index (κ2) is 4.49. The Morgan fingerprint density at radius 1 is 1.44 bits per heavy atom. The van der Waals surface area contributed by atoms with Crippen molar-refractivity contribution in [1.82, 2.24) is 4.98 Å². The van der Waals surface area contributed by atoms with E-state index in [0.29, 0.717) is 5.56 Å². The fourth-order valence-electron chi connectivity index (χ4n) is 1.49. The summed E-state index contributed by atoms with van der Waals surface area (Å²) in [5.41, 5.74) is 1.59. The molecule has 1 aromatic carbocycles. The molecule has 1 heterocycles. The van der Waals surface area contributed by atoms with Crippen LogP contribution >= 0.6 is 11.6 Å². The molecule has 0 amide bonds. The Balaban J connectivity index is 2.43. The third kappa shape index (κ3) is 1.99. The summed E-state index contributed by atoms with van der Waals surface area (Å²) in [6, 6.07) is 9.23. The van der Waals surface area contributed by atoms with E-state index in [1.165, 1.54) is 7.11 Å². The smallest absolute Gasteiger partial charge is 0.328 e. The van der Waals surface area contributed by atoms with E-state index < -0.39 is 11.3 Å². The Labute approximate surface area is 98.0 Å². The van der Waals surface area contributed by atoms with Crippen molar-refractivity contribution in [2.75, 3.05) is 7.11 Å². The number of pyridine rings is 1. The lowest BCUT2D eigenvalue weighted by Crippen LogP contribution is -2.08. The maximum Gasteiger partial charge on any atom is 0.328 e. The van der Waals surface area contributed by atoms with Crippen molar-refractivity contribution in [1.29, 1.82) is 0 Å². The maximum atomic E-state index is 11.3. The third-order valence-corrected chi connectivity index (χ3v) is 2.76. The summed E-state index contributed by atoms with van der Waals surface area (Å²) in [6.45, 7) is 0. The summed E-state index contributed by atoms with van der Waals surface area (Å²) in [5, 5.41) is 0.184. The second-order valence-electron chi connectivity index (χ2n) is 3.34. The molecule has 0 aliphatic heterocycles. The van der Waals surface area contributed by atoms with Gasteiger partial charge >= 0.3 is 5.97 Å². The summed E-state index contributed by atoms with van der Waals surface area (Å²) in [4.78, 5) is 15.5. The second-order valence-corrected chi connectivity index (χ2v) is 3.78. The zero-order valence-electron chi connectivity index (χ0n) is 8.68. The average molecular weight is 236 g/mol. The van der Waals surface area contributed by atoms with E-state index in [-0.39, 0.29) is 0 Å². The Bertz CT molecular complexity index is 527. The molecule has 2 aromatic rings. The predicted molar refractivity (Wildman–Crippen MR) is 62.4 cm³/mol. The van der Waals surface area contributed by atoms with Gasteiger partial charge in [-0.3, -0.25) is 9.78 Å². The number of fused-ring (bicyclic) bond motifs is 1. The van der Waals surface area contributed by atoms with Crippen LogP contribution in [0.2, 0.25) is 0 Å². The molecular weight excluding hydrogens is 226 g/mol. The van der Waals surface area contributed by atoms with Crippen molar-refractivity contribution in [3.63, 3.8) is 0 Å². The lowest BCUT2D eigenvalue weighted by molar-refractivity contribution is -0.140. The van der Waals surface area contributed by atoms with Crippen LogP contribution < -0.4 is 0 Å². The molecule has 0 saturated carbocycles. The monoisotopic (exact) mass is 235 g/mol. The quantitative estimate of drug-likeness (QED) is 0.594. The number of halogens is 1. The first-order valence-electron chi connectivity index (χ1n) is 4.79. The van der Waals surface area contributed by atoms with E-state index in [1.807, 2.05) is 24.3 Å². The van der Waals surface area contributed by atoms with Crippen molar-refractivity contribution in [2.24, 2.45) is 0 Å². The molecule has 16 heavy (non-hydrogen) atoms.